The van der Waals surface area contributed by atoms with E-state index in [1.807, 2.05) is 0 Å². The molecule has 0 atom stereocenters. The highest BCUT2D eigenvalue weighted by molar-refractivity contribution is 6.26. The number of aryl methyl sites for hydroxylation is 2. The van der Waals surface area contributed by atoms with Gasteiger partial charge < -0.3 is 4.40 Å². The Morgan fingerprint density at radius 2 is 1.71 bits per heavy atom. The first-order valence-electron chi connectivity index (χ1n) is 12.7. The maximum atomic E-state index is 2.58. The summed E-state index contributed by atoms with van der Waals surface area (Å²) < 4.78 is 4.91. The molecular weight excluding hydrogens is 412 g/mol. The SMILES string of the molecule is Cc1ccc2c3c(CC(C)(C)C)cccc3n3c4cc(CC(C)C)cc5cc[n+](C)c(c1c23)c54. The number of pyridine rings is 2. The highest BCUT2D eigenvalue weighted by Gasteiger charge is 2.25. The van der Waals surface area contributed by atoms with Crippen LogP contribution < -0.4 is 4.57 Å². The Bertz CT molecular complexity index is 1720. The molecule has 3 aromatic heterocycles. The molecule has 6 rings (SSSR count). The second kappa shape index (κ2) is 7.18. The molecule has 34 heavy (non-hydrogen) atoms. The molecule has 0 aliphatic carbocycles. The van der Waals surface area contributed by atoms with E-state index in [2.05, 4.69) is 112 Å². The van der Waals surface area contributed by atoms with Gasteiger partial charge in [-0.1, -0.05) is 65.0 Å². The molecule has 2 heteroatoms. The van der Waals surface area contributed by atoms with E-state index in [9.17, 15) is 0 Å². The van der Waals surface area contributed by atoms with E-state index >= 15 is 0 Å². The molecule has 0 saturated carbocycles. The van der Waals surface area contributed by atoms with E-state index in [-0.39, 0.29) is 5.41 Å². The Morgan fingerprint density at radius 3 is 2.44 bits per heavy atom. The molecule has 2 nitrogen and oxygen atoms in total. The smallest absolute Gasteiger partial charge is 0.224 e. The van der Waals surface area contributed by atoms with Gasteiger partial charge in [0, 0.05) is 16.8 Å². The largest absolute Gasteiger partial charge is 0.307 e. The molecule has 6 aromatic rings. The van der Waals surface area contributed by atoms with E-state index in [4.69, 9.17) is 0 Å². The summed E-state index contributed by atoms with van der Waals surface area (Å²) in [5.74, 6) is 0.627. The molecule has 172 valence electrons. The van der Waals surface area contributed by atoms with E-state index < -0.39 is 0 Å². The van der Waals surface area contributed by atoms with Crippen molar-refractivity contribution >= 4 is 49.0 Å². The average Bonchev–Trinajstić information content (AvgIpc) is 3.08. The normalized spacial score (nSPS) is 13.1. The highest BCUT2D eigenvalue weighted by Crippen LogP contribution is 2.42. The number of hydrogen-bond donors (Lipinski definition) is 0. The Kier molecular flexibility index (Phi) is 4.52. The zero-order chi connectivity index (χ0) is 23.9. The highest BCUT2D eigenvalue weighted by atomic mass is 15.0. The first-order valence-corrected chi connectivity index (χ1v) is 12.7. The van der Waals surface area contributed by atoms with Crippen LogP contribution in [0.25, 0.3) is 49.0 Å². The lowest BCUT2D eigenvalue weighted by Gasteiger charge is -2.19. The van der Waals surface area contributed by atoms with Crippen molar-refractivity contribution in [3.05, 3.63) is 71.4 Å². The van der Waals surface area contributed by atoms with Crippen LogP contribution in [0.5, 0.6) is 0 Å². The van der Waals surface area contributed by atoms with Crippen molar-refractivity contribution < 1.29 is 4.57 Å². The van der Waals surface area contributed by atoms with E-state index in [1.165, 1.54) is 65.7 Å². The summed E-state index contributed by atoms with van der Waals surface area (Å²) in [6, 6.07) is 18.8. The van der Waals surface area contributed by atoms with Crippen molar-refractivity contribution in [3.8, 4) is 0 Å². The van der Waals surface area contributed by atoms with Gasteiger partial charge in [0.05, 0.1) is 27.3 Å². The van der Waals surface area contributed by atoms with Crippen LogP contribution in [0.4, 0.5) is 0 Å². The zero-order valence-corrected chi connectivity index (χ0v) is 21.6. The minimum absolute atomic E-state index is 0.232. The standard InChI is InChI=1S/C32H35N2/c1-19(2)15-21-16-22-13-14-33(7)31-27-20(3)11-12-24-28-23(18-32(4,5)6)9-8-10-25(28)34(30(24)27)26(17-21)29(22)31/h8-14,16-17,19H,15,18H2,1-7H3/q+1. The van der Waals surface area contributed by atoms with Crippen LogP contribution >= 0.6 is 0 Å². The summed E-state index contributed by atoms with van der Waals surface area (Å²) in [5.41, 5.74) is 9.84. The van der Waals surface area contributed by atoms with Gasteiger partial charge in [0.15, 0.2) is 6.20 Å². The molecule has 0 saturated heterocycles. The van der Waals surface area contributed by atoms with Crippen molar-refractivity contribution in [3.63, 3.8) is 0 Å². The molecule has 0 aliphatic rings. The predicted molar refractivity (Wildman–Crippen MR) is 146 cm³/mol. The van der Waals surface area contributed by atoms with E-state index in [0.29, 0.717) is 5.92 Å². The summed E-state index contributed by atoms with van der Waals surface area (Å²) in [6.07, 6.45) is 4.40. The number of fused-ring (bicyclic) bond motifs is 5. The lowest BCUT2D eigenvalue weighted by Crippen LogP contribution is -2.29. The van der Waals surface area contributed by atoms with Crippen LogP contribution in [0.15, 0.2) is 54.7 Å². The fourth-order valence-electron chi connectivity index (χ4n) is 6.21. The summed E-state index contributed by atoms with van der Waals surface area (Å²) in [4.78, 5) is 0. The Labute approximate surface area is 202 Å². The number of aromatic nitrogens is 2. The van der Waals surface area contributed by atoms with Gasteiger partial charge in [-0.15, -0.1) is 0 Å². The molecule has 3 aromatic carbocycles. The van der Waals surface area contributed by atoms with Gasteiger partial charge in [-0.3, -0.25) is 0 Å². The number of benzene rings is 3. The van der Waals surface area contributed by atoms with Crippen molar-refractivity contribution in [1.82, 2.24) is 4.40 Å². The van der Waals surface area contributed by atoms with Crippen LogP contribution in [-0.4, -0.2) is 4.40 Å². The maximum absolute atomic E-state index is 2.58. The molecule has 0 aliphatic heterocycles. The minimum Gasteiger partial charge on any atom is -0.307 e. The molecule has 0 N–H and O–H groups in total. The fraction of sp³-hybridized carbons (Fsp3) is 0.344. The van der Waals surface area contributed by atoms with E-state index in [1.54, 1.807) is 0 Å². The second-order valence-electron chi connectivity index (χ2n) is 12.0. The number of hydrogen-bond acceptors (Lipinski definition) is 0. The van der Waals surface area contributed by atoms with Crippen LogP contribution in [-0.2, 0) is 19.9 Å². The summed E-state index contributed by atoms with van der Waals surface area (Å²) in [7, 11) is 2.20. The van der Waals surface area contributed by atoms with Gasteiger partial charge in [-0.05, 0) is 65.3 Å². The van der Waals surface area contributed by atoms with Crippen LogP contribution in [0, 0.1) is 18.3 Å². The van der Waals surface area contributed by atoms with Crippen molar-refractivity contribution in [1.29, 1.82) is 0 Å². The third-order valence-electron chi connectivity index (χ3n) is 7.37. The lowest BCUT2D eigenvalue weighted by molar-refractivity contribution is -0.643. The molecule has 0 amide bonds. The third-order valence-corrected chi connectivity index (χ3v) is 7.37. The fourth-order valence-corrected chi connectivity index (χ4v) is 6.21. The maximum Gasteiger partial charge on any atom is 0.224 e. The quantitative estimate of drug-likeness (QED) is 0.148. The molecule has 0 unspecified atom stereocenters. The van der Waals surface area contributed by atoms with Crippen molar-refractivity contribution in [2.45, 2.75) is 54.4 Å². The zero-order valence-electron chi connectivity index (χ0n) is 21.6. The molecule has 0 radical (unpaired) electrons. The van der Waals surface area contributed by atoms with Gasteiger partial charge >= 0.3 is 0 Å². The van der Waals surface area contributed by atoms with Crippen molar-refractivity contribution in [2.75, 3.05) is 0 Å². The van der Waals surface area contributed by atoms with Crippen LogP contribution in [0.2, 0.25) is 0 Å². The summed E-state index contributed by atoms with van der Waals surface area (Å²) in [5, 5.41) is 6.90. The van der Waals surface area contributed by atoms with Crippen LogP contribution in [0.1, 0.15) is 51.3 Å². The van der Waals surface area contributed by atoms with Gasteiger partial charge in [0.2, 0.25) is 5.52 Å². The topological polar surface area (TPSA) is 8.29 Å². The predicted octanol–water partition coefficient (Wildman–Crippen LogP) is 7.91. The molecule has 0 spiro atoms. The average molecular weight is 448 g/mol. The second-order valence-corrected chi connectivity index (χ2v) is 12.0. The van der Waals surface area contributed by atoms with Gasteiger partial charge in [-0.25, -0.2) is 4.57 Å². The monoisotopic (exact) mass is 447 g/mol. The van der Waals surface area contributed by atoms with Crippen LogP contribution in [0.3, 0.4) is 0 Å². The van der Waals surface area contributed by atoms with Crippen molar-refractivity contribution in [2.24, 2.45) is 18.4 Å². The summed E-state index contributed by atoms with van der Waals surface area (Å²) >= 11 is 0. The molecular formula is C32H35N2+. The Balaban J connectivity index is 1.92. The number of nitrogens with zero attached hydrogens (tertiary/aromatic N) is 2. The molecule has 3 heterocycles. The number of rotatable bonds is 3. The van der Waals surface area contributed by atoms with Gasteiger partial charge in [-0.2, -0.15) is 0 Å². The Hall–Kier alpha value is -3.13. The first-order chi connectivity index (χ1) is 16.1. The lowest BCUT2D eigenvalue weighted by atomic mass is 9.86. The first kappa shape index (κ1) is 21.4. The van der Waals surface area contributed by atoms with Gasteiger partial charge in [0.1, 0.15) is 7.05 Å². The Morgan fingerprint density at radius 1 is 0.912 bits per heavy atom. The third kappa shape index (κ3) is 3.04. The minimum atomic E-state index is 0.232. The van der Waals surface area contributed by atoms with Gasteiger partial charge in [0.25, 0.3) is 0 Å². The van der Waals surface area contributed by atoms with E-state index in [0.717, 1.165) is 12.8 Å². The molecule has 0 fully saturated rings. The molecule has 0 bridgehead atoms. The summed E-state index contributed by atoms with van der Waals surface area (Å²) in [6.45, 7) is 13.9.